The lowest BCUT2D eigenvalue weighted by Gasteiger charge is -2.03. The van der Waals surface area contributed by atoms with E-state index in [4.69, 9.17) is 0 Å². The van der Waals surface area contributed by atoms with E-state index in [9.17, 15) is 8.42 Å². The Balaban J connectivity index is 1.55. The van der Waals surface area contributed by atoms with E-state index >= 15 is 0 Å². The van der Waals surface area contributed by atoms with Gasteiger partial charge in [0.1, 0.15) is 4.21 Å². The van der Waals surface area contributed by atoms with Crippen LogP contribution < -0.4 is 4.72 Å². The number of fused-ring (bicyclic) bond motifs is 1. The first kappa shape index (κ1) is 15.9. The fraction of sp³-hybridized carbons (Fsp3) is 0.0625. The van der Waals surface area contributed by atoms with Crippen LogP contribution in [-0.2, 0) is 16.6 Å². The van der Waals surface area contributed by atoms with Crippen molar-refractivity contribution in [2.24, 2.45) is 0 Å². The largest absolute Gasteiger partial charge is 0.285 e. The number of pyridine rings is 2. The molecule has 0 fully saturated rings. The normalized spacial score (nSPS) is 11.8. The maximum absolute atomic E-state index is 12.5. The summed E-state index contributed by atoms with van der Waals surface area (Å²) in [5.74, 6) is 0.532. The summed E-state index contributed by atoms with van der Waals surface area (Å²) in [6.45, 7) is 0.0655. The lowest BCUT2D eigenvalue weighted by atomic mass is 10.2. The topological polar surface area (TPSA) is 89.2 Å². The van der Waals surface area contributed by atoms with Gasteiger partial charge in [-0.15, -0.1) is 21.5 Å². The molecule has 4 rings (SSSR count). The number of sulfonamides is 1. The van der Waals surface area contributed by atoms with E-state index in [1.54, 1.807) is 35.1 Å². The monoisotopic (exact) mass is 371 g/mol. The van der Waals surface area contributed by atoms with Gasteiger partial charge in [0, 0.05) is 23.5 Å². The highest BCUT2D eigenvalue weighted by Gasteiger charge is 2.18. The molecule has 0 saturated heterocycles. The minimum absolute atomic E-state index is 0.0655. The molecule has 0 aliphatic heterocycles. The molecule has 0 bridgehead atoms. The van der Waals surface area contributed by atoms with Crippen LogP contribution in [-0.4, -0.2) is 28.0 Å². The smallest absolute Gasteiger partial charge is 0.250 e. The van der Waals surface area contributed by atoms with Crippen molar-refractivity contribution >= 4 is 27.0 Å². The Kier molecular flexibility index (Phi) is 4.04. The molecule has 25 heavy (non-hydrogen) atoms. The summed E-state index contributed by atoms with van der Waals surface area (Å²) in [5.41, 5.74) is 1.61. The zero-order valence-electron chi connectivity index (χ0n) is 12.9. The lowest BCUT2D eigenvalue weighted by molar-refractivity contribution is 0.581. The number of hydrogen-bond donors (Lipinski definition) is 1. The summed E-state index contributed by atoms with van der Waals surface area (Å²) in [7, 11) is -3.62. The molecular weight excluding hydrogens is 358 g/mol. The summed E-state index contributed by atoms with van der Waals surface area (Å²) in [6.07, 6.45) is 5.15. The first-order chi connectivity index (χ1) is 12.1. The molecule has 0 spiro atoms. The Morgan fingerprint density at radius 3 is 2.72 bits per heavy atom. The molecule has 4 aromatic rings. The van der Waals surface area contributed by atoms with Gasteiger partial charge in [-0.3, -0.25) is 9.38 Å². The average Bonchev–Trinajstić information content (AvgIpc) is 3.29. The molecule has 7 nitrogen and oxygen atoms in total. The SMILES string of the molecule is O=S(=O)(NCc1nnc2ccccn12)c1ccc(-c2ccncc2)s1. The van der Waals surface area contributed by atoms with Crippen LogP contribution >= 0.6 is 11.3 Å². The van der Waals surface area contributed by atoms with Crippen LogP contribution in [0.5, 0.6) is 0 Å². The van der Waals surface area contributed by atoms with Crippen LogP contribution in [0.1, 0.15) is 5.82 Å². The number of aromatic nitrogens is 4. The molecule has 126 valence electrons. The second-order valence-electron chi connectivity index (χ2n) is 5.22. The fourth-order valence-electron chi connectivity index (χ4n) is 2.38. The molecule has 4 aromatic heterocycles. The maximum atomic E-state index is 12.5. The molecule has 0 atom stereocenters. The van der Waals surface area contributed by atoms with Crippen molar-refractivity contribution in [3.05, 3.63) is 66.9 Å². The van der Waals surface area contributed by atoms with Gasteiger partial charge >= 0.3 is 0 Å². The van der Waals surface area contributed by atoms with Crippen LogP contribution in [0, 0.1) is 0 Å². The van der Waals surface area contributed by atoms with E-state index in [2.05, 4.69) is 19.9 Å². The van der Waals surface area contributed by atoms with Gasteiger partial charge in [0.25, 0.3) is 0 Å². The minimum atomic E-state index is -3.62. The minimum Gasteiger partial charge on any atom is -0.285 e. The Labute approximate surface area is 148 Å². The highest BCUT2D eigenvalue weighted by atomic mass is 32.2. The van der Waals surface area contributed by atoms with Crippen molar-refractivity contribution < 1.29 is 8.42 Å². The molecule has 9 heteroatoms. The van der Waals surface area contributed by atoms with Crippen molar-refractivity contribution in [2.45, 2.75) is 10.8 Å². The lowest BCUT2D eigenvalue weighted by Crippen LogP contribution is -2.23. The van der Waals surface area contributed by atoms with E-state index in [-0.39, 0.29) is 10.8 Å². The van der Waals surface area contributed by atoms with Crippen LogP contribution in [0.15, 0.2) is 65.3 Å². The van der Waals surface area contributed by atoms with Crippen LogP contribution in [0.4, 0.5) is 0 Å². The van der Waals surface area contributed by atoms with Crippen molar-refractivity contribution in [3.8, 4) is 10.4 Å². The van der Waals surface area contributed by atoms with Gasteiger partial charge in [-0.2, -0.15) is 0 Å². The molecule has 0 radical (unpaired) electrons. The van der Waals surface area contributed by atoms with Gasteiger partial charge in [0.05, 0.1) is 6.54 Å². The first-order valence-electron chi connectivity index (χ1n) is 7.42. The summed E-state index contributed by atoms with van der Waals surface area (Å²) >= 11 is 1.21. The van der Waals surface area contributed by atoms with E-state index in [0.717, 1.165) is 10.4 Å². The zero-order valence-corrected chi connectivity index (χ0v) is 14.5. The molecular formula is C16H13N5O2S2. The van der Waals surface area contributed by atoms with Crippen molar-refractivity contribution in [3.63, 3.8) is 0 Å². The third-order valence-electron chi connectivity index (χ3n) is 3.62. The predicted molar refractivity (Wildman–Crippen MR) is 94.6 cm³/mol. The Hall–Kier alpha value is -2.62. The second kappa shape index (κ2) is 6.36. The van der Waals surface area contributed by atoms with Gasteiger partial charge in [0.2, 0.25) is 10.0 Å². The molecule has 0 amide bonds. The predicted octanol–water partition coefficient (Wildman–Crippen LogP) is 2.33. The molecule has 0 aliphatic carbocycles. The summed E-state index contributed by atoms with van der Waals surface area (Å²) < 4.78 is 29.7. The molecule has 1 N–H and O–H groups in total. The van der Waals surface area contributed by atoms with Gasteiger partial charge in [-0.1, -0.05) is 6.07 Å². The summed E-state index contributed by atoms with van der Waals surface area (Å²) in [6, 6.07) is 12.6. The third kappa shape index (κ3) is 3.16. The quantitative estimate of drug-likeness (QED) is 0.582. The Morgan fingerprint density at radius 2 is 1.88 bits per heavy atom. The Morgan fingerprint density at radius 1 is 1.04 bits per heavy atom. The average molecular weight is 371 g/mol. The number of hydrogen-bond acceptors (Lipinski definition) is 6. The molecule has 0 unspecified atom stereocenters. The number of thiophene rings is 1. The van der Waals surface area contributed by atoms with Crippen LogP contribution in [0.2, 0.25) is 0 Å². The zero-order chi connectivity index (χ0) is 17.3. The van der Waals surface area contributed by atoms with Gasteiger partial charge in [-0.25, -0.2) is 13.1 Å². The molecule has 0 aromatic carbocycles. The molecule has 0 saturated carbocycles. The second-order valence-corrected chi connectivity index (χ2v) is 8.30. The maximum Gasteiger partial charge on any atom is 0.250 e. The number of nitrogens with zero attached hydrogens (tertiary/aromatic N) is 4. The van der Waals surface area contributed by atoms with Gasteiger partial charge < -0.3 is 0 Å². The van der Waals surface area contributed by atoms with E-state index < -0.39 is 10.0 Å². The number of rotatable bonds is 5. The molecule has 0 aliphatic rings. The van der Waals surface area contributed by atoms with E-state index in [1.807, 2.05) is 30.3 Å². The third-order valence-corrected chi connectivity index (χ3v) is 6.64. The van der Waals surface area contributed by atoms with Crippen LogP contribution in [0.3, 0.4) is 0 Å². The Bertz CT molecular complexity index is 1120. The fourth-order valence-corrected chi connectivity index (χ4v) is 4.71. The van der Waals surface area contributed by atoms with E-state index in [0.29, 0.717) is 11.5 Å². The summed E-state index contributed by atoms with van der Waals surface area (Å²) in [5, 5.41) is 8.04. The first-order valence-corrected chi connectivity index (χ1v) is 9.72. The van der Waals surface area contributed by atoms with Crippen molar-refractivity contribution in [2.75, 3.05) is 0 Å². The van der Waals surface area contributed by atoms with Crippen molar-refractivity contribution in [1.29, 1.82) is 0 Å². The summed E-state index contributed by atoms with van der Waals surface area (Å²) in [4.78, 5) is 4.84. The van der Waals surface area contributed by atoms with Gasteiger partial charge in [-0.05, 0) is 42.0 Å². The van der Waals surface area contributed by atoms with Crippen LogP contribution in [0.25, 0.3) is 16.1 Å². The number of nitrogens with one attached hydrogen (secondary N) is 1. The van der Waals surface area contributed by atoms with Crippen molar-refractivity contribution in [1.82, 2.24) is 24.3 Å². The highest BCUT2D eigenvalue weighted by Crippen LogP contribution is 2.30. The van der Waals surface area contributed by atoms with E-state index in [1.165, 1.54) is 11.3 Å². The van der Waals surface area contributed by atoms with Gasteiger partial charge in [0.15, 0.2) is 11.5 Å². The standard InChI is InChI=1S/C16H13N5O2S2/c22-25(23,16-5-4-13(24-16)12-6-8-17-9-7-12)18-11-15-20-19-14-3-1-2-10-21(14)15/h1-10,18H,11H2. The molecule has 4 heterocycles. The highest BCUT2D eigenvalue weighted by molar-refractivity contribution is 7.91.